The van der Waals surface area contributed by atoms with E-state index in [1.54, 1.807) is 12.1 Å². The Kier molecular flexibility index (Phi) is 2.85. The second-order valence-corrected chi connectivity index (χ2v) is 6.04. The normalized spacial score (nSPS) is 26.1. The second kappa shape index (κ2) is 4.73. The molecule has 21 heavy (non-hydrogen) atoms. The zero-order chi connectivity index (χ0) is 14.4. The van der Waals surface area contributed by atoms with Crippen molar-refractivity contribution in [3.63, 3.8) is 0 Å². The lowest BCUT2D eigenvalue weighted by Crippen LogP contribution is -2.30. The van der Waals surface area contributed by atoms with Crippen LogP contribution in [-0.4, -0.2) is 0 Å². The largest absolute Gasteiger partial charge is 0.377 e. The van der Waals surface area contributed by atoms with E-state index < -0.39 is 0 Å². The highest BCUT2D eigenvalue weighted by Crippen LogP contribution is 2.50. The number of fused-ring (bicyclic) bond motifs is 3. The van der Waals surface area contributed by atoms with E-state index in [4.69, 9.17) is 0 Å². The van der Waals surface area contributed by atoms with Crippen LogP contribution in [0, 0.1) is 18.7 Å². The van der Waals surface area contributed by atoms with Crippen molar-refractivity contribution in [1.29, 1.82) is 0 Å². The van der Waals surface area contributed by atoms with Crippen molar-refractivity contribution < 1.29 is 4.39 Å². The summed E-state index contributed by atoms with van der Waals surface area (Å²) in [6, 6.07) is 13.6. The maximum absolute atomic E-state index is 14.2. The van der Waals surface area contributed by atoms with Crippen LogP contribution in [0.15, 0.2) is 54.6 Å². The molecule has 0 aromatic heterocycles. The lowest BCUT2D eigenvalue weighted by Gasteiger charge is -2.38. The van der Waals surface area contributed by atoms with Crippen molar-refractivity contribution in [2.45, 2.75) is 25.3 Å². The van der Waals surface area contributed by atoms with Gasteiger partial charge in [-0.3, -0.25) is 0 Å². The number of anilines is 1. The average molecular weight is 279 g/mol. The van der Waals surface area contributed by atoms with Crippen LogP contribution in [-0.2, 0) is 0 Å². The van der Waals surface area contributed by atoms with Gasteiger partial charge in [-0.15, -0.1) is 0 Å². The average Bonchev–Trinajstić information content (AvgIpc) is 2.97. The summed E-state index contributed by atoms with van der Waals surface area (Å²) in [7, 11) is 0. The van der Waals surface area contributed by atoms with Crippen molar-refractivity contribution in [1.82, 2.24) is 0 Å². The van der Waals surface area contributed by atoms with E-state index in [1.165, 1.54) is 16.8 Å². The Morgan fingerprint density at radius 2 is 1.86 bits per heavy atom. The van der Waals surface area contributed by atoms with Crippen LogP contribution in [0.5, 0.6) is 0 Å². The minimum absolute atomic E-state index is 0.0415. The molecule has 2 heteroatoms. The highest BCUT2D eigenvalue weighted by Gasteiger charge is 2.39. The van der Waals surface area contributed by atoms with Crippen LogP contribution in [0.4, 0.5) is 10.1 Å². The minimum Gasteiger partial charge on any atom is -0.377 e. The number of hydrogen-bond donors (Lipinski definition) is 1. The van der Waals surface area contributed by atoms with Crippen molar-refractivity contribution in [3.05, 3.63) is 77.1 Å². The Morgan fingerprint density at radius 1 is 1.05 bits per heavy atom. The van der Waals surface area contributed by atoms with Gasteiger partial charge in [-0.1, -0.05) is 48.6 Å². The molecule has 1 heterocycles. The molecule has 1 nitrogen and oxygen atoms in total. The molecule has 1 N–H and O–H groups in total. The number of nitrogens with one attached hydrogen (secondary N) is 1. The number of rotatable bonds is 1. The molecule has 0 unspecified atom stereocenters. The lowest BCUT2D eigenvalue weighted by molar-refractivity contribution is 0.413. The summed E-state index contributed by atoms with van der Waals surface area (Å²) in [5.41, 5.74) is 4.54. The fourth-order valence-electron chi connectivity index (χ4n) is 3.81. The molecule has 0 amide bonds. The second-order valence-electron chi connectivity index (χ2n) is 6.04. The van der Waals surface area contributed by atoms with Crippen molar-refractivity contribution in [3.8, 4) is 0 Å². The fraction of sp³-hybridized carbons (Fsp3) is 0.263. The molecule has 2 aliphatic rings. The summed E-state index contributed by atoms with van der Waals surface area (Å²) in [6.45, 7) is 2.11. The van der Waals surface area contributed by atoms with E-state index in [0.29, 0.717) is 11.8 Å². The Labute approximate surface area is 124 Å². The maximum atomic E-state index is 14.2. The van der Waals surface area contributed by atoms with Gasteiger partial charge in [-0.05, 0) is 36.5 Å². The molecule has 0 spiro atoms. The quantitative estimate of drug-likeness (QED) is 0.727. The summed E-state index contributed by atoms with van der Waals surface area (Å²) in [4.78, 5) is 0. The first-order valence-corrected chi connectivity index (χ1v) is 7.53. The molecule has 0 saturated heterocycles. The van der Waals surface area contributed by atoms with E-state index in [2.05, 4.69) is 42.6 Å². The fourth-order valence-corrected chi connectivity index (χ4v) is 3.81. The predicted octanol–water partition coefficient (Wildman–Crippen LogP) is 4.96. The van der Waals surface area contributed by atoms with E-state index in [9.17, 15) is 4.39 Å². The number of hydrogen-bond acceptors (Lipinski definition) is 1. The van der Waals surface area contributed by atoms with E-state index >= 15 is 0 Å². The van der Waals surface area contributed by atoms with Crippen LogP contribution in [0.1, 0.15) is 35.1 Å². The molecular weight excluding hydrogens is 261 g/mol. The van der Waals surface area contributed by atoms with E-state index in [1.807, 2.05) is 12.1 Å². The number of benzene rings is 2. The zero-order valence-corrected chi connectivity index (χ0v) is 12.0. The third-order valence-electron chi connectivity index (χ3n) is 4.85. The van der Waals surface area contributed by atoms with Gasteiger partial charge in [-0.2, -0.15) is 0 Å². The minimum atomic E-state index is -0.113. The topological polar surface area (TPSA) is 12.0 Å². The standard InChI is InChI=1S/C19H18FN/c1-12-6-4-9-14-13-8-5-10-15(13)19(21-18(12)14)16-7-2-3-11-17(16)20/h2-9,11,13,15,19,21H,10H2,1H3/t13-,15-,19+/m1/s1. The van der Waals surface area contributed by atoms with E-state index in [0.717, 1.165) is 12.0 Å². The molecule has 1 aliphatic carbocycles. The molecule has 1 aliphatic heterocycles. The number of halogens is 1. The molecule has 2 aromatic rings. The first kappa shape index (κ1) is 12.6. The van der Waals surface area contributed by atoms with Gasteiger partial charge < -0.3 is 5.32 Å². The number of allylic oxidation sites excluding steroid dienone is 2. The molecule has 0 fully saturated rings. The number of para-hydroxylation sites is 1. The zero-order valence-electron chi connectivity index (χ0n) is 12.0. The van der Waals surface area contributed by atoms with Crippen LogP contribution in [0.3, 0.4) is 0 Å². The molecule has 0 radical (unpaired) electrons. The highest BCUT2D eigenvalue weighted by molar-refractivity contribution is 5.63. The van der Waals surface area contributed by atoms with Gasteiger partial charge in [0.25, 0.3) is 0 Å². The predicted molar refractivity (Wildman–Crippen MR) is 83.9 cm³/mol. The van der Waals surface area contributed by atoms with Crippen LogP contribution in [0.2, 0.25) is 0 Å². The maximum Gasteiger partial charge on any atom is 0.128 e. The molecule has 106 valence electrons. The lowest BCUT2D eigenvalue weighted by atomic mass is 9.76. The first-order chi connectivity index (χ1) is 10.3. The molecule has 0 bridgehead atoms. The summed E-state index contributed by atoms with van der Waals surface area (Å²) < 4.78 is 14.2. The third kappa shape index (κ3) is 1.90. The summed E-state index contributed by atoms with van der Waals surface area (Å²) in [5, 5.41) is 3.61. The van der Waals surface area contributed by atoms with E-state index in [-0.39, 0.29) is 11.9 Å². The van der Waals surface area contributed by atoms with Crippen molar-refractivity contribution in [2.24, 2.45) is 5.92 Å². The van der Waals surface area contributed by atoms with Gasteiger partial charge in [0.2, 0.25) is 0 Å². The molecule has 3 atom stereocenters. The Hall–Kier alpha value is -2.09. The molecule has 2 aromatic carbocycles. The highest BCUT2D eigenvalue weighted by atomic mass is 19.1. The number of aryl methyl sites for hydroxylation is 1. The molecular formula is C19H18FN. The Morgan fingerprint density at radius 3 is 2.71 bits per heavy atom. The van der Waals surface area contributed by atoms with Gasteiger partial charge in [0, 0.05) is 17.2 Å². The van der Waals surface area contributed by atoms with Gasteiger partial charge in [0.15, 0.2) is 0 Å². The monoisotopic (exact) mass is 279 g/mol. The van der Waals surface area contributed by atoms with Gasteiger partial charge >= 0.3 is 0 Å². The smallest absolute Gasteiger partial charge is 0.128 e. The summed E-state index contributed by atoms with van der Waals surface area (Å²) >= 11 is 0. The summed E-state index contributed by atoms with van der Waals surface area (Å²) in [5.74, 6) is 0.680. The van der Waals surface area contributed by atoms with Crippen molar-refractivity contribution >= 4 is 5.69 Å². The van der Waals surface area contributed by atoms with Gasteiger partial charge in [0.1, 0.15) is 5.82 Å². The van der Waals surface area contributed by atoms with Crippen molar-refractivity contribution in [2.75, 3.05) is 5.32 Å². The van der Waals surface area contributed by atoms with Gasteiger partial charge in [-0.25, -0.2) is 4.39 Å². The Bertz CT molecular complexity index is 719. The van der Waals surface area contributed by atoms with Gasteiger partial charge in [0.05, 0.1) is 6.04 Å². The first-order valence-electron chi connectivity index (χ1n) is 7.53. The van der Waals surface area contributed by atoms with Crippen LogP contribution < -0.4 is 5.32 Å². The molecule has 4 rings (SSSR count). The third-order valence-corrected chi connectivity index (χ3v) is 4.85. The molecule has 0 saturated carbocycles. The summed E-state index contributed by atoms with van der Waals surface area (Å²) in [6.07, 6.45) is 5.53. The SMILES string of the molecule is Cc1cccc2c1N[C@H](c1ccccc1F)[C@@H]1CC=C[C@H]21. The van der Waals surface area contributed by atoms with Crippen LogP contribution >= 0.6 is 0 Å². The van der Waals surface area contributed by atoms with Crippen LogP contribution in [0.25, 0.3) is 0 Å². The Balaban J connectivity index is 1.85.